The molecular weight excluding hydrogens is 757 g/mol. The highest BCUT2D eigenvalue weighted by atomic mass is 15.0. The number of nitriles is 3. The van der Waals surface area contributed by atoms with Gasteiger partial charge >= 0.3 is 0 Å². The largest absolute Gasteiger partial charge is 0.208 e. The maximum atomic E-state index is 10.3. The summed E-state index contributed by atoms with van der Waals surface area (Å²) in [5.74, 6) is 1.43. The van der Waals surface area contributed by atoms with Crippen molar-refractivity contribution in [1.82, 2.24) is 15.0 Å². The van der Waals surface area contributed by atoms with Crippen LogP contribution in [-0.2, 0) is 0 Å². The van der Waals surface area contributed by atoms with Gasteiger partial charge in [0.25, 0.3) is 0 Å². The summed E-state index contributed by atoms with van der Waals surface area (Å²) in [6.45, 7) is 0. The van der Waals surface area contributed by atoms with Crippen LogP contribution < -0.4 is 0 Å². The third-order valence-electron chi connectivity index (χ3n) is 11.2. The molecule has 0 atom stereocenters. The highest BCUT2D eigenvalue weighted by Crippen LogP contribution is 2.40. The van der Waals surface area contributed by atoms with Gasteiger partial charge in [0.15, 0.2) is 17.5 Å². The van der Waals surface area contributed by atoms with Crippen LogP contribution >= 0.6 is 0 Å². The summed E-state index contributed by atoms with van der Waals surface area (Å²) in [6.07, 6.45) is 0. The lowest BCUT2D eigenvalue weighted by atomic mass is 9.88. The third kappa shape index (κ3) is 7.09. The van der Waals surface area contributed by atoms with Crippen molar-refractivity contribution < 1.29 is 0 Å². The molecule has 286 valence electrons. The van der Waals surface area contributed by atoms with Gasteiger partial charge in [-0.2, -0.15) is 15.8 Å². The average molecular weight is 789 g/mol. The molecule has 0 aliphatic rings. The summed E-state index contributed by atoms with van der Waals surface area (Å²) in [4.78, 5) is 14.6. The van der Waals surface area contributed by atoms with Crippen molar-refractivity contribution in [1.29, 1.82) is 15.8 Å². The highest BCUT2D eigenvalue weighted by molar-refractivity contribution is 6.08. The number of nitrogens with zero attached hydrogens (tertiary/aromatic N) is 6. The van der Waals surface area contributed by atoms with Crippen molar-refractivity contribution >= 4 is 21.5 Å². The molecule has 10 aromatic rings. The van der Waals surface area contributed by atoms with Gasteiger partial charge in [0.1, 0.15) is 0 Å². The number of hydrogen-bond donors (Lipinski definition) is 0. The Kier molecular flexibility index (Phi) is 9.60. The van der Waals surface area contributed by atoms with Gasteiger partial charge in [-0.05, 0) is 139 Å². The zero-order valence-corrected chi connectivity index (χ0v) is 33.2. The van der Waals surface area contributed by atoms with Crippen LogP contribution in [0.15, 0.2) is 194 Å². The molecule has 0 saturated carbocycles. The molecule has 0 aliphatic carbocycles. The van der Waals surface area contributed by atoms with Gasteiger partial charge in [-0.3, -0.25) is 0 Å². The Morgan fingerprint density at radius 2 is 0.661 bits per heavy atom. The fraction of sp³-hybridized carbons (Fsp3) is 0. The Labute approximate surface area is 358 Å². The van der Waals surface area contributed by atoms with Crippen molar-refractivity contribution in [3.63, 3.8) is 0 Å². The first-order chi connectivity index (χ1) is 30.5. The van der Waals surface area contributed by atoms with Crippen molar-refractivity contribution in [2.45, 2.75) is 0 Å². The van der Waals surface area contributed by atoms with E-state index in [2.05, 4.69) is 127 Å². The van der Waals surface area contributed by atoms with Crippen LogP contribution in [0.4, 0.5) is 0 Å². The molecule has 1 heterocycles. The molecule has 10 rings (SSSR count). The first-order valence-corrected chi connectivity index (χ1v) is 20.1. The van der Waals surface area contributed by atoms with E-state index >= 15 is 0 Å². The molecule has 9 aromatic carbocycles. The molecule has 62 heavy (non-hydrogen) atoms. The molecule has 0 spiro atoms. The number of rotatable bonds is 7. The van der Waals surface area contributed by atoms with E-state index in [9.17, 15) is 15.8 Å². The molecule has 0 saturated heterocycles. The van der Waals surface area contributed by atoms with E-state index in [0.29, 0.717) is 34.2 Å². The summed E-state index contributed by atoms with van der Waals surface area (Å²) in [5, 5.41) is 33.9. The van der Waals surface area contributed by atoms with Gasteiger partial charge in [-0.15, -0.1) is 0 Å². The van der Waals surface area contributed by atoms with Gasteiger partial charge in [0.05, 0.1) is 34.9 Å². The summed E-state index contributed by atoms with van der Waals surface area (Å²) >= 11 is 0. The van der Waals surface area contributed by atoms with Gasteiger partial charge < -0.3 is 0 Å². The van der Waals surface area contributed by atoms with E-state index in [4.69, 9.17) is 15.0 Å². The third-order valence-corrected chi connectivity index (χ3v) is 11.2. The van der Waals surface area contributed by atoms with Gasteiger partial charge in [0.2, 0.25) is 0 Å². The molecule has 0 radical (unpaired) electrons. The van der Waals surface area contributed by atoms with Gasteiger partial charge in [0, 0.05) is 16.7 Å². The van der Waals surface area contributed by atoms with E-state index < -0.39 is 0 Å². The first-order valence-electron chi connectivity index (χ1n) is 20.1. The minimum atomic E-state index is 0.470. The average Bonchev–Trinajstić information content (AvgIpc) is 3.36. The van der Waals surface area contributed by atoms with Crippen molar-refractivity contribution in [2.24, 2.45) is 0 Å². The van der Waals surface area contributed by atoms with Gasteiger partial charge in [-0.25, -0.2) is 15.0 Å². The predicted molar refractivity (Wildman–Crippen MR) is 247 cm³/mol. The van der Waals surface area contributed by atoms with E-state index in [-0.39, 0.29) is 0 Å². The standard InChI is InChI=1S/C56H32N6/c57-33-36-13-17-41(18-14-36)54-60-55(42-19-15-37(34-58)16-20-42)62-56(61-54)43-24-21-40(22-25-43)49-9-3-5-11-51(49)46-29-38(35-59)30-47(32-46)52-12-6-4-10-50(52)45-27-28-53-44(31-45)26-23-39-7-1-2-8-48(39)53/h1-32H. The molecule has 0 bridgehead atoms. The summed E-state index contributed by atoms with van der Waals surface area (Å²) in [7, 11) is 0. The van der Waals surface area contributed by atoms with Crippen LogP contribution in [0, 0.1) is 34.0 Å². The van der Waals surface area contributed by atoms with E-state index in [0.717, 1.165) is 61.2 Å². The second-order valence-electron chi connectivity index (χ2n) is 15.0. The number of benzene rings is 9. The van der Waals surface area contributed by atoms with Crippen molar-refractivity contribution in [3.05, 3.63) is 211 Å². The lowest BCUT2D eigenvalue weighted by Gasteiger charge is -2.15. The second kappa shape index (κ2) is 16.0. The minimum Gasteiger partial charge on any atom is -0.208 e. The Morgan fingerprint density at radius 3 is 1.18 bits per heavy atom. The van der Waals surface area contributed by atoms with Crippen LogP contribution in [0.25, 0.3) is 100 Å². The fourth-order valence-electron chi connectivity index (χ4n) is 8.11. The molecule has 0 aliphatic heterocycles. The fourth-order valence-corrected chi connectivity index (χ4v) is 8.11. The maximum absolute atomic E-state index is 10.3. The summed E-state index contributed by atoms with van der Waals surface area (Å²) in [6, 6.07) is 71.5. The van der Waals surface area contributed by atoms with Crippen LogP contribution in [0.2, 0.25) is 0 Å². The first kappa shape index (κ1) is 37.3. The zero-order valence-electron chi connectivity index (χ0n) is 33.2. The van der Waals surface area contributed by atoms with Crippen LogP contribution in [0.1, 0.15) is 16.7 Å². The van der Waals surface area contributed by atoms with Crippen LogP contribution in [-0.4, -0.2) is 15.0 Å². The van der Waals surface area contributed by atoms with E-state index in [1.807, 2.05) is 60.7 Å². The maximum Gasteiger partial charge on any atom is 0.164 e. The quantitative estimate of drug-likeness (QED) is 0.149. The molecular formula is C56H32N6. The molecule has 0 amide bonds. The predicted octanol–water partition coefficient (Wildman–Crippen LogP) is 13.5. The molecule has 6 heteroatoms. The molecule has 0 unspecified atom stereocenters. The van der Waals surface area contributed by atoms with Crippen LogP contribution in [0.3, 0.4) is 0 Å². The zero-order chi connectivity index (χ0) is 42.0. The van der Waals surface area contributed by atoms with E-state index in [1.54, 1.807) is 24.3 Å². The monoisotopic (exact) mass is 788 g/mol. The van der Waals surface area contributed by atoms with Crippen molar-refractivity contribution in [3.8, 4) is 96.9 Å². The topological polar surface area (TPSA) is 110 Å². The lowest BCUT2D eigenvalue weighted by molar-refractivity contribution is 1.07. The minimum absolute atomic E-state index is 0.470. The van der Waals surface area contributed by atoms with Crippen molar-refractivity contribution in [2.75, 3.05) is 0 Å². The smallest absolute Gasteiger partial charge is 0.164 e. The Balaban J connectivity index is 1.02. The number of aromatic nitrogens is 3. The molecule has 6 nitrogen and oxygen atoms in total. The number of fused-ring (bicyclic) bond motifs is 3. The molecule has 1 aromatic heterocycles. The Morgan fingerprint density at radius 1 is 0.274 bits per heavy atom. The molecule has 0 fully saturated rings. The normalized spacial score (nSPS) is 10.9. The van der Waals surface area contributed by atoms with Gasteiger partial charge in [-0.1, -0.05) is 121 Å². The summed E-state index contributed by atoms with van der Waals surface area (Å²) < 4.78 is 0. The number of hydrogen-bond acceptors (Lipinski definition) is 6. The SMILES string of the molecule is N#Cc1ccc(-c2nc(-c3ccc(C#N)cc3)nc(-c3ccc(-c4ccccc4-c4cc(C#N)cc(-c5ccccc5-c5ccc6c(ccc7ccccc76)c5)c4)cc3)n2)cc1. The Hall–Kier alpha value is -9.02. The van der Waals surface area contributed by atoms with Crippen LogP contribution in [0.5, 0.6) is 0 Å². The Bertz CT molecular complexity index is 3400. The second-order valence-corrected chi connectivity index (χ2v) is 15.0. The molecule has 0 N–H and O–H groups in total. The summed E-state index contributed by atoms with van der Waals surface area (Å²) in [5.41, 5.74) is 12.1. The highest BCUT2D eigenvalue weighted by Gasteiger charge is 2.16. The lowest BCUT2D eigenvalue weighted by Crippen LogP contribution is -2.00. The van der Waals surface area contributed by atoms with E-state index in [1.165, 1.54) is 21.5 Å².